The van der Waals surface area contributed by atoms with Gasteiger partial charge in [-0.2, -0.15) is 5.26 Å². The molecule has 0 radical (unpaired) electrons. The van der Waals surface area contributed by atoms with Crippen LogP contribution in [-0.4, -0.2) is 23.6 Å². The minimum absolute atomic E-state index is 0.478. The van der Waals surface area contributed by atoms with Crippen LogP contribution < -0.4 is 10.6 Å². The molecular weight excluding hydrogens is 202 g/mol. The molecule has 2 N–H and O–H groups in total. The highest BCUT2D eigenvalue weighted by molar-refractivity contribution is 5.56. The first-order valence-electron chi connectivity index (χ1n) is 5.38. The van der Waals surface area contributed by atoms with Crippen molar-refractivity contribution in [2.24, 2.45) is 0 Å². The predicted molar refractivity (Wildman–Crippen MR) is 63.9 cm³/mol. The summed E-state index contributed by atoms with van der Waals surface area (Å²) in [5.74, 6) is 1.38. The molecule has 0 spiro atoms. The van der Waals surface area contributed by atoms with Crippen molar-refractivity contribution >= 4 is 11.6 Å². The van der Waals surface area contributed by atoms with Gasteiger partial charge in [0.25, 0.3) is 0 Å². The Hall–Kier alpha value is -1.83. The molecule has 0 amide bonds. The molecule has 0 aliphatic carbocycles. The van der Waals surface area contributed by atoms with E-state index in [9.17, 15) is 0 Å². The molecule has 5 heteroatoms. The van der Waals surface area contributed by atoms with Gasteiger partial charge in [-0.05, 0) is 6.42 Å². The molecule has 1 aromatic heterocycles. The summed E-state index contributed by atoms with van der Waals surface area (Å²) < 4.78 is 0. The lowest BCUT2D eigenvalue weighted by Gasteiger charge is -2.20. The largest absolute Gasteiger partial charge is 0.383 e. The van der Waals surface area contributed by atoms with Gasteiger partial charge in [0.1, 0.15) is 18.0 Å². The fraction of sp³-hybridized carbons (Fsp3) is 0.545. The van der Waals surface area contributed by atoms with Crippen molar-refractivity contribution in [2.45, 2.75) is 26.2 Å². The topological polar surface area (TPSA) is 78.8 Å². The van der Waals surface area contributed by atoms with Gasteiger partial charge in [0.05, 0.1) is 12.5 Å². The quantitative estimate of drug-likeness (QED) is 0.809. The Balaban J connectivity index is 2.93. The van der Waals surface area contributed by atoms with Crippen LogP contribution >= 0.6 is 0 Å². The number of nitriles is 1. The Morgan fingerprint density at radius 1 is 1.50 bits per heavy atom. The van der Waals surface area contributed by atoms with E-state index in [0.29, 0.717) is 18.8 Å². The smallest absolute Gasteiger partial charge is 0.137 e. The first-order chi connectivity index (χ1) is 7.70. The molecule has 1 heterocycles. The standard InChI is InChI=1S/C11H17N5/c1-3-5-9-10(13)14-8-15-11(9)16(2)7-4-6-12/h8H,3-5,7H2,1-2H3,(H2,13,14,15). The van der Waals surface area contributed by atoms with Crippen LogP contribution in [0.4, 0.5) is 11.6 Å². The highest BCUT2D eigenvalue weighted by Gasteiger charge is 2.11. The third-order valence-corrected chi connectivity index (χ3v) is 2.38. The molecule has 0 aromatic carbocycles. The summed E-state index contributed by atoms with van der Waals surface area (Å²) in [5.41, 5.74) is 6.81. The van der Waals surface area contributed by atoms with Gasteiger partial charge in [0.2, 0.25) is 0 Å². The molecule has 0 bridgehead atoms. The second-order valence-electron chi connectivity index (χ2n) is 3.64. The lowest BCUT2D eigenvalue weighted by atomic mass is 10.1. The van der Waals surface area contributed by atoms with E-state index in [0.717, 1.165) is 24.2 Å². The Labute approximate surface area is 95.9 Å². The second-order valence-corrected chi connectivity index (χ2v) is 3.64. The van der Waals surface area contributed by atoms with Crippen molar-refractivity contribution < 1.29 is 0 Å². The van der Waals surface area contributed by atoms with Gasteiger partial charge in [0.15, 0.2) is 0 Å². The first-order valence-corrected chi connectivity index (χ1v) is 5.38. The summed E-state index contributed by atoms with van der Waals surface area (Å²) >= 11 is 0. The third kappa shape index (κ3) is 2.83. The van der Waals surface area contributed by atoms with Crippen LogP contribution in [0.5, 0.6) is 0 Å². The molecule has 1 aromatic rings. The van der Waals surface area contributed by atoms with E-state index in [-0.39, 0.29) is 0 Å². The average Bonchev–Trinajstić information content (AvgIpc) is 2.29. The Morgan fingerprint density at radius 3 is 2.88 bits per heavy atom. The van der Waals surface area contributed by atoms with Gasteiger partial charge in [0, 0.05) is 19.2 Å². The third-order valence-electron chi connectivity index (χ3n) is 2.38. The molecule has 0 atom stereocenters. The zero-order chi connectivity index (χ0) is 12.0. The van der Waals surface area contributed by atoms with Crippen LogP contribution in [0.2, 0.25) is 0 Å². The zero-order valence-corrected chi connectivity index (χ0v) is 9.77. The van der Waals surface area contributed by atoms with E-state index < -0.39 is 0 Å². The molecule has 16 heavy (non-hydrogen) atoms. The van der Waals surface area contributed by atoms with E-state index in [1.807, 2.05) is 11.9 Å². The van der Waals surface area contributed by atoms with Crippen LogP contribution in [0.25, 0.3) is 0 Å². The molecular formula is C11H17N5. The molecule has 0 saturated carbocycles. The van der Waals surface area contributed by atoms with Crippen LogP contribution in [-0.2, 0) is 6.42 Å². The Bertz CT molecular complexity index is 382. The minimum atomic E-state index is 0.478. The van der Waals surface area contributed by atoms with Crippen LogP contribution in [0.15, 0.2) is 6.33 Å². The van der Waals surface area contributed by atoms with E-state index >= 15 is 0 Å². The van der Waals surface area contributed by atoms with Gasteiger partial charge in [-0.1, -0.05) is 13.3 Å². The molecule has 86 valence electrons. The maximum absolute atomic E-state index is 8.56. The van der Waals surface area contributed by atoms with Crippen molar-refractivity contribution in [3.05, 3.63) is 11.9 Å². The SMILES string of the molecule is CCCc1c(N)ncnc1N(C)CCC#N. The zero-order valence-electron chi connectivity index (χ0n) is 9.77. The summed E-state index contributed by atoms with van der Waals surface area (Å²) in [6, 6.07) is 2.12. The number of rotatable bonds is 5. The van der Waals surface area contributed by atoms with Gasteiger partial charge < -0.3 is 10.6 Å². The number of anilines is 2. The minimum Gasteiger partial charge on any atom is -0.383 e. The Morgan fingerprint density at radius 2 is 2.25 bits per heavy atom. The molecule has 0 fully saturated rings. The maximum Gasteiger partial charge on any atom is 0.137 e. The molecule has 0 aliphatic rings. The van der Waals surface area contributed by atoms with Crippen LogP contribution in [0, 0.1) is 11.3 Å². The highest BCUT2D eigenvalue weighted by atomic mass is 15.2. The lowest BCUT2D eigenvalue weighted by Crippen LogP contribution is -2.22. The van der Waals surface area contributed by atoms with Crippen molar-refractivity contribution in [1.82, 2.24) is 9.97 Å². The first kappa shape index (κ1) is 12.2. The molecule has 0 unspecified atom stereocenters. The van der Waals surface area contributed by atoms with Crippen molar-refractivity contribution in [3.8, 4) is 6.07 Å². The van der Waals surface area contributed by atoms with Crippen molar-refractivity contribution in [3.63, 3.8) is 0 Å². The monoisotopic (exact) mass is 219 g/mol. The van der Waals surface area contributed by atoms with E-state index in [4.69, 9.17) is 11.0 Å². The number of aromatic nitrogens is 2. The normalized spacial score (nSPS) is 9.81. The van der Waals surface area contributed by atoms with Gasteiger partial charge in [-0.15, -0.1) is 0 Å². The lowest BCUT2D eigenvalue weighted by molar-refractivity contribution is 0.842. The summed E-state index contributed by atoms with van der Waals surface area (Å²) in [4.78, 5) is 10.2. The Kier molecular flexibility index (Phi) is 4.52. The number of nitrogen functional groups attached to an aromatic ring is 1. The summed E-state index contributed by atoms with van der Waals surface area (Å²) in [6.07, 6.45) is 3.80. The summed E-state index contributed by atoms with van der Waals surface area (Å²) in [6.45, 7) is 2.75. The van der Waals surface area contributed by atoms with Crippen molar-refractivity contribution in [2.75, 3.05) is 24.2 Å². The predicted octanol–water partition coefficient (Wildman–Crippen LogP) is 1.36. The maximum atomic E-state index is 8.56. The van der Waals surface area contributed by atoms with E-state index in [2.05, 4.69) is 23.0 Å². The average molecular weight is 219 g/mol. The molecule has 0 aliphatic heterocycles. The van der Waals surface area contributed by atoms with Crippen LogP contribution in [0.3, 0.4) is 0 Å². The summed E-state index contributed by atoms with van der Waals surface area (Å²) in [5, 5.41) is 8.56. The van der Waals surface area contributed by atoms with Gasteiger partial charge >= 0.3 is 0 Å². The number of hydrogen-bond acceptors (Lipinski definition) is 5. The van der Waals surface area contributed by atoms with E-state index in [1.165, 1.54) is 6.33 Å². The van der Waals surface area contributed by atoms with Gasteiger partial charge in [-0.3, -0.25) is 0 Å². The number of hydrogen-bond donors (Lipinski definition) is 1. The van der Waals surface area contributed by atoms with E-state index in [1.54, 1.807) is 0 Å². The summed E-state index contributed by atoms with van der Waals surface area (Å²) in [7, 11) is 1.91. The van der Waals surface area contributed by atoms with Gasteiger partial charge in [-0.25, -0.2) is 9.97 Å². The molecule has 0 saturated heterocycles. The number of nitrogens with zero attached hydrogens (tertiary/aromatic N) is 4. The number of nitrogens with two attached hydrogens (primary N) is 1. The fourth-order valence-corrected chi connectivity index (χ4v) is 1.56. The molecule has 1 rings (SSSR count). The van der Waals surface area contributed by atoms with Crippen molar-refractivity contribution in [1.29, 1.82) is 5.26 Å². The fourth-order valence-electron chi connectivity index (χ4n) is 1.56. The highest BCUT2D eigenvalue weighted by Crippen LogP contribution is 2.21. The second kappa shape index (κ2) is 5.91. The van der Waals surface area contributed by atoms with Crippen LogP contribution in [0.1, 0.15) is 25.3 Å². The molecule has 5 nitrogen and oxygen atoms in total.